The van der Waals surface area contributed by atoms with Gasteiger partial charge in [-0.25, -0.2) is 4.79 Å². The van der Waals surface area contributed by atoms with E-state index in [2.05, 4.69) is 0 Å². The van der Waals surface area contributed by atoms with Gasteiger partial charge in [-0.2, -0.15) is 0 Å². The van der Waals surface area contributed by atoms with Crippen LogP contribution in [0.3, 0.4) is 0 Å². The quantitative estimate of drug-likeness (QED) is 0.643. The highest BCUT2D eigenvalue weighted by molar-refractivity contribution is 5.85. The van der Waals surface area contributed by atoms with Crippen LogP contribution in [0.15, 0.2) is 0 Å². The first-order valence-electron chi connectivity index (χ1n) is 5.46. The van der Waals surface area contributed by atoms with Crippen LogP contribution in [0.25, 0.3) is 0 Å². The fourth-order valence-corrected chi connectivity index (χ4v) is 1.40. The first-order chi connectivity index (χ1) is 7.92. The molecule has 0 aliphatic heterocycles. The number of amides is 3. The lowest BCUT2D eigenvalue weighted by molar-refractivity contribution is -0.138. The molecule has 0 bridgehead atoms. The highest BCUT2D eigenvalue weighted by atomic mass is 16.4. The van der Waals surface area contributed by atoms with Crippen LogP contribution in [0.4, 0.5) is 4.79 Å². The third-order valence-corrected chi connectivity index (χ3v) is 2.09. The van der Waals surface area contributed by atoms with E-state index in [1.165, 1.54) is 4.90 Å². The van der Waals surface area contributed by atoms with Gasteiger partial charge in [0.15, 0.2) is 0 Å². The molecule has 0 heterocycles. The summed E-state index contributed by atoms with van der Waals surface area (Å²) >= 11 is 0. The van der Waals surface area contributed by atoms with E-state index in [4.69, 9.17) is 10.8 Å². The first-order valence-corrected chi connectivity index (χ1v) is 5.46. The lowest BCUT2D eigenvalue weighted by Crippen LogP contribution is -2.48. The van der Waals surface area contributed by atoms with Crippen LogP contribution in [0.2, 0.25) is 0 Å². The number of urea groups is 1. The van der Waals surface area contributed by atoms with Crippen molar-refractivity contribution in [2.24, 2.45) is 5.73 Å². The molecule has 98 valence electrons. The zero-order chi connectivity index (χ0) is 13.4. The van der Waals surface area contributed by atoms with Crippen molar-refractivity contribution in [1.29, 1.82) is 0 Å². The Kier molecular flexibility index (Phi) is 6.69. The van der Waals surface area contributed by atoms with Crippen molar-refractivity contribution >= 4 is 17.9 Å². The number of hydrogen-bond donors (Lipinski definition) is 2. The second-order valence-electron chi connectivity index (χ2n) is 3.58. The Bertz CT molecular complexity index is 277. The van der Waals surface area contributed by atoms with E-state index in [9.17, 15) is 14.4 Å². The number of carbonyl (C=O) groups is 3. The molecule has 17 heavy (non-hydrogen) atoms. The number of hydrogen-bond acceptors (Lipinski definition) is 3. The zero-order valence-corrected chi connectivity index (χ0v) is 10.2. The molecule has 0 unspecified atom stereocenters. The highest BCUT2D eigenvalue weighted by Gasteiger charge is 2.22. The Morgan fingerprint density at radius 2 is 1.71 bits per heavy atom. The van der Waals surface area contributed by atoms with E-state index in [-0.39, 0.29) is 6.54 Å². The van der Waals surface area contributed by atoms with Crippen LogP contribution >= 0.6 is 0 Å². The summed E-state index contributed by atoms with van der Waals surface area (Å²) < 4.78 is 0. The second kappa shape index (κ2) is 7.48. The molecule has 0 fully saturated rings. The highest BCUT2D eigenvalue weighted by Crippen LogP contribution is 2.00. The van der Waals surface area contributed by atoms with Gasteiger partial charge in [0.2, 0.25) is 5.91 Å². The van der Waals surface area contributed by atoms with Gasteiger partial charge in [-0.1, -0.05) is 6.92 Å². The SMILES string of the molecule is CCCN(CC)C(=O)N(CC(N)=O)CC(=O)O. The predicted molar refractivity (Wildman–Crippen MR) is 61.3 cm³/mol. The van der Waals surface area contributed by atoms with E-state index >= 15 is 0 Å². The van der Waals surface area contributed by atoms with E-state index < -0.39 is 24.5 Å². The first kappa shape index (κ1) is 15.2. The fraction of sp³-hybridized carbons (Fsp3) is 0.700. The van der Waals surface area contributed by atoms with Crippen LogP contribution in [0.5, 0.6) is 0 Å². The summed E-state index contributed by atoms with van der Waals surface area (Å²) in [6.45, 7) is 3.77. The number of carboxylic acid groups (broad SMARTS) is 1. The smallest absolute Gasteiger partial charge is 0.323 e. The minimum absolute atomic E-state index is 0.384. The Morgan fingerprint density at radius 3 is 2.06 bits per heavy atom. The van der Waals surface area contributed by atoms with Gasteiger partial charge >= 0.3 is 12.0 Å². The van der Waals surface area contributed by atoms with Gasteiger partial charge < -0.3 is 20.6 Å². The van der Waals surface area contributed by atoms with E-state index in [1.807, 2.05) is 6.92 Å². The number of nitrogens with two attached hydrogens (primary N) is 1. The summed E-state index contributed by atoms with van der Waals surface area (Å²) in [5.74, 6) is -1.90. The van der Waals surface area contributed by atoms with Crippen molar-refractivity contribution in [3.05, 3.63) is 0 Å². The summed E-state index contributed by atoms with van der Waals surface area (Å²) in [6, 6.07) is -0.476. The Balaban J connectivity index is 4.69. The molecule has 0 aromatic carbocycles. The third-order valence-electron chi connectivity index (χ3n) is 2.09. The van der Waals surface area contributed by atoms with Crippen LogP contribution in [-0.2, 0) is 9.59 Å². The van der Waals surface area contributed by atoms with Crippen molar-refractivity contribution in [2.75, 3.05) is 26.2 Å². The predicted octanol–water partition coefficient (Wildman–Crippen LogP) is -0.290. The van der Waals surface area contributed by atoms with Crippen molar-refractivity contribution in [1.82, 2.24) is 9.80 Å². The Morgan fingerprint density at radius 1 is 1.12 bits per heavy atom. The molecule has 0 aromatic heterocycles. The normalized spacial score (nSPS) is 9.76. The van der Waals surface area contributed by atoms with Gasteiger partial charge in [-0.3, -0.25) is 9.59 Å². The number of aliphatic carboxylic acids is 1. The minimum Gasteiger partial charge on any atom is -0.480 e. The van der Waals surface area contributed by atoms with Crippen LogP contribution < -0.4 is 5.73 Å². The van der Waals surface area contributed by atoms with Gasteiger partial charge in [0.05, 0.1) is 0 Å². The molecule has 7 heteroatoms. The molecule has 0 aliphatic rings. The maximum Gasteiger partial charge on any atom is 0.323 e. The van der Waals surface area contributed by atoms with Crippen molar-refractivity contribution in [3.63, 3.8) is 0 Å². The Hall–Kier alpha value is -1.79. The molecule has 7 nitrogen and oxygen atoms in total. The average Bonchev–Trinajstić information content (AvgIpc) is 2.22. The average molecular weight is 245 g/mol. The lowest BCUT2D eigenvalue weighted by Gasteiger charge is -2.27. The summed E-state index contributed by atoms with van der Waals surface area (Å²) in [5, 5.41) is 8.67. The van der Waals surface area contributed by atoms with E-state index in [0.717, 1.165) is 11.3 Å². The number of primary amides is 1. The molecule has 0 saturated heterocycles. The molecule has 0 aromatic rings. The summed E-state index contributed by atoms with van der Waals surface area (Å²) in [4.78, 5) is 35.7. The number of nitrogens with zero attached hydrogens (tertiary/aromatic N) is 2. The van der Waals surface area contributed by atoms with Crippen LogP contribution in [0, 0.1) is 0 Å². The van der Waals surface area contributed by atoms with Crippen LogP contribution in [0.1, 0.15) is 20.3 Å². The third kappa shape index (κ3) is 5.74. The molecule has 0 spiro atoms. The van der Waals surface area contributed by atoms with Gasteiger partial charge in [0.25, 0.3) is 0 Å². The van der Waals surface area contributed by atoms with E-state index in [1.54, 1.807) is 6.92 Å². The maximum atomic E-state index is 11.9. The standard InChI is InChI=1S/C10H19N3O4/c1-3-5-12(4-2)10(17)13(6-8(11)14)7-9(15)16/h3-7H2,1-2H3,(H2,11,14)(H,15,16). The minimum atomic E-state index is -1.17. The number of carbonyl (C=O) groups excluding carboxylic acids is 2. The van der Waals surface area contributed by atoms with E-state index in [0.29, 0.717) is 13.1 Å². The molecule has 0 radical (unpaired) electrons. The Labute approximate surface area is 100 Å². The second-order valence-corrected chi connectivity index (χ2v) is 3.58. The molecular weight excluding hydrogens is 226 g/mol. The van der Waals surface area contributed by atoms with Crippen LogP contribution in [-0.4, -0.2) is 59.0 Å². The maximum absolute atomic E-state index is 11.9. The van der Waals surface area contributed by atoms with Crippen molar-refractivity contribution < 1.29 is 19.5 Å². The molecule has 3 amide bonds. The molecule has 0 rings (SSSR count). The summed E-state index contributed by atoms with van der Waals surface area (Å²) in [5.41, 5.74) is 4.98. The fourth-order valence-electron chi connectivity index (χ4n) is 1.40. The monoisotopic (exact) mass is 245 g/mol. The van der Waals surface area contributed by atoms with Gasteiger partial charge in [0.1, 0.15) is 13.1 Å². The van der Waals surface area contributed by atoms with Gasteiger partial charge in [0, 0.05) is 13.1 Å². The molecule has 0 atom stereocenters. The molecular formula is C10H19N3O4. The topological polar surface area (TPSA) is 104 Å². The zero-order valence-electron chi connectivity index (χ0n) is 10.2. The van der Waals surface area contributed by atoms with Gasteiger partial charge in [-0.15, -0.1) is 0 Å². The summed E-state index contributed by atoms with van der Waals surface area (Å²) in [6.07, 6.45) is 0.761. The number of rotatable bonds is 7. The molecule has 3 N–H and O–H groups in total. The number of carboxylic acids is 1. The van der Waals surface area contributed by atoms with Crippen molar-refractivity contribution in [3.8, 4) is 0 Å². The molecule has 0 saturated carbocycles. The summed E-state index contributed by atoms with van der Waals surface area (Å²) in [7, 11) is 0. The largest absolute Gasteiger partial charge is 0.480 e. The van der Waals surface area contributed by atoms with Gasteiger partial charge in [-0.05, 0) is 13.3 Å². The lowest BCUT2D eigenvalue weighted by atomic mass is 10.4. The molecule has 0 aliphatic carbocycles. The van der Waals surface area contributed by atoms with Crippen molar-refractivity contribution in [2.45, 2.75) is 20.3 Å².